The van der Waals surface area contributed by atoms with Gasteiger partial charge in [0.25, 0.3) is 0 Å². The van der Waals surface area contributed by atoms with Gasteiger partial charge in [-0.05, 0) is 43.0 Å². The second-order valence-corrected chi connectivity index (χ2v) is 4.41. The number of rotatable bonds is 5. The molecule has 0 amide bonds. The molecule has 0 saturated heterocycles. The second kappa shape index (κ2) is 5.69. The van der Waals surface area contributed by atoms with Gasteiger partial charge in [-0.15, -0.1) is 0 Å². The van der Waals surface area contributed by atoms with E-state index in [0.29, 0.717) is 11.6 Å². The quantitative estimate of drug-likeness (QED) is 0.848. The summed E-state index contributed by atoms with van der Waals surface area (Å²) < 4.78 is 1.97. The largest absolute Gasteiger partial charge is 0.508 e. The SMILES string of the molecule is Cc1cc(O)ccc1CCCn1ccnc1CO. The van der Waals surface area contributed by atoms with Gasteiger partial charge in [0.05, 0.1) is 0 Å². The normalized spacial score (nSPS) is 10.8. The Bertz CT molecular complexity index is 520. The Hall–Kier alpha value is -1.81. The molecule has 0 atom stereocenters. The fourth-order valence-electron chi connectivity index (χ4n) is 2.10. The van der Waals surface area contributed by atoms with Crippen LogP contribution < -0.4 is 0 Å². The van der Waals surface area contributed by atoms with Crippen LogP contribution in [-0.4, -0.2) is 19.8 Å². The van der Waals surface area contributed by atoms with Gasteiger partial charge in [0.1, 0.15) is 18.2 Å². The number of phenolic OH excluding ortho intramolecular Hbond substituents is 1. The highest BCUT2D eigenvalue weighted by Gasteiger charge is 2.03. The van der Waals surface area contributed by atoms with Gasteiger partial charge in [-0.3, -0.25) is 0 Å². The van der Waals surface area contributed by atoms with E-state index in [1.165, 1.54) is 5.56 Å². The van der Waals surface area contributed by atoms with Gasteiger partial charge in [-0.2, -0.15) is 0 Å². The summed E-state index contributed by atoms with van der Waals surface area (Å²) in [6.07, 6.45) is 5.52. The van der Waals surface area contributed by atoms with Gasteiger partial charge in [-0.1, -0.05) is 6.07 Å². The molecule has 0 spiro atoms. The molecular formula is C14H18N2O2. The Kier molecular flexibility index (Phi) is 3.99. The van der Waals surface area contributed by atoms with E-state index < -0.39 is 0 Å². The Balaban J connectivity index is 1.92. The van der Waals surface area contributed by atoms with E-state index in [9.17, 15) is 5.11 Å². The molecule has 1 aromatic heterocycles. The maximum atomic E-state index is 9.34. The summed E-state index contributed by atoms with van der Waals surface area (Å²) >= 11 is 0. The van der Waals surface area contributed by atoms with Crippen molar-refractivity contribution in [2.24, 2.45) is 0 Å². The minimum atomic E-state index is -0.0226. The van der Waals surface area contributed by atoms with Crippen molar-refractivity contribution in [3.63, 3.8) is 0 Å². The van der Waals surface area contributed by atoms with Crippen molar-refractivity contribution >= 4 is 0 Å². The zero-order chi connectivity index (χ0) is 13.0. The number of imidazole rings is 1. The molecule has 2 rings (SSSR count). The van der Waals surface area contributed by atoms with Gasteiger partial charge < -0.3 is 14.8 Å². The Morgan fingerprint density at radius 3 is 2.89 bits per heavy atom. The lowest BCUT2D eigenvalue weighted by atomic mass is 10.0. The van der Waals surface area contributed by atoms with E-state index in [0.717, 1.165) is 24.9 Å². The molecule has 0 aliphatic heterocycles. The fraction of sp³-hybridized carbons (Fsp3) is 0.357. The van der Waals surface area contributed by atoms with Crippen molar-refractivity contribution in [2.75, 3.05) is 0 Å². The zero-order valence-electron chi connectivity index (χ0n) is 10.5. The van der Waals surface area contributed by atoms with Crippen molar-refractivity contribution < 1.29 is 10.2 Å². The van der Waals surface area contributed by atoms with Crippen LogP contribution in [0.1, 0.15) is 23.4 Å². The number of aromatic hydroxyl groups is 1. The predicted octanol–water partition coefficient (Wildman–Crippen LogP) is 2.02. The van der Waals surface area contributed by atoms with Crippen LogP contribution in [0.3, 0.4) is 0 Å². The maximum Gasteiger partial charge on any atom is 0.134 e. The lowest BCUT2D eigenvalue weighted by Crippen LogP contribution is -2.04. The Morgan fingerprint density at radius 1 is 1.33 bits per heavy atom. The first-order valence-electron chi connectivity index (χ1n) is 6.10. The van der Waals surface area contributed by atoms with Crippen LogP contribution >= 0.6 is 0 Å². The van der Waals surface area contributed by atoms with E-state index in [2.05, 4.69) is 4.98 Å². The molecule has 1 heterocycles. The number of benzene rings is 1. The summed E-state index contributed by atoms with van der Waals surface area (Å²) in [5, 5.41) is 18.4. The summed E-state index contributed by atoms with van der Waals surface area (Å²) in [6, 6.07) is 5.47. The molecule has 0 radical (unpaired) electrons. The molecule has 4 nitrogen and oxygen atoms in total. The molecule has 2 N–H and O–H groups in total. The molecule has 18 heavy (non-hydrogen) atoms. The van der Waals surface area contributed by atoms with Crippen LogP contribution in [0.15, 0.2) is 30.6 Å². The van der Waals surface area contributed by atoms with Gasteiger partial charge in [-0.25, -0.2) is 4.98 Å². The van der Waals surface area contributed by atoms with Crippen LogP contribution in [-0.2, 0) is 19.6 Å². The minimum Gasteiger partial charge on any atom is -0.508 e. The number of phenols is 1. The average molecular weight is 246 g/mol. The summed E-state index contributed by atoms with van der Waals surface area (Å²) in [4.78, 5) is 4.07. The lowest BCUT2D eigenvalue weighted by molar-refractivity contribution is 0.264. The number of hydrogen-bond donors (Lipinski definition) is 2. The number of nitrogens with zero attached hydrogens (tertiary/aromatic N) is 2. The molecule has 0 fully saturated rings. The van der Waals surface area contributed by atoms with Crippen LogP contribution in [0.2, 0.25) is 0 Å². The molecule has 0 bridgehead atoms. The first kappa shape index (κ1) is 12.6. The second-order valence-electron chi connectivity index (χ2n) is 4.41. The number of aryl methyl sites for hydroxylation is 3. The Labute approximate surface area is 107 Å². The van der Waals surface area contributed by atoms with Crippen LogP contribution in [0.25, 0.3) is 0 Å². The fourth-order valence-corrected chi connectivity index (χ4v) is 2.10. The molecule has 0 aliphatic rings. The van der Waals surface area contributed by atoms with Crippen molar-refractivity contribution in [2.45, 2.75) is 32.9 Å². The smallest absolute Gasteiger partial charge is 0.134 e. The van der Waals surface area contributed by atoms with E-state index in [4.69, 9.17) is 5.11 Å². The monoisotopic (exact) mass is 246 g/mol. The summed E-state index contributed by atoms with van der Waals surface area (Å²) in [7, 11) is 0. The van der Waals surface area contributed by atoms with Gasteiger partial charge >= 0.3 is 0 Å². The highest BCUT2D eigenvalue weighted by molar-refractivity contribution is 5.33. The van der Waals surface area contributed by atoms with E-state index in [-0.39, 0.29) is 6.61 Å². The van der Waals surface area contributed by atoms with Crippen molar-refractivity contribution in [3.05, 3.63) is 47.5 Å². The third kappa shape index (κ3) is 2.90. The number of aromatic nitrogens is 2. The zero-order valence-corrected chi connectivity index (χ0v) is 10.5. The molecule has 0 unspecified atom stereocenters. The summed E-state index contributed by atoms with van der Waals surface area (Å²) in [5.41, 5.74) is 2.36. The topological polar surface area (TPSA) is 58.3 Å². The van der Waals surface area contributed by atoms with E-state index >= 15 is 0 Å². The van der Waals surface area contributed by atoms with Crippen LogP contribution in [0.5, 0.6) is 5.75 Å². The van der Waals surface area contributed by atoms with Crippen LogP contribution in [0, 0.1) is 6.92 Å². The summed E-state index contributed by atoms with van der Waals surface area (Å²) in [5.74, 6) is 1.02. The van der Waals surface area contributed by atoms with Crippen molar-refractivity contribution in [1.82, 2.24) is 9.55 Å². The maximum absolute atomic E-state index is 9.34. The van der Waals surface area contributed by atoms with Gasteiger partial charge in [0.15, 0.2) is 0 Å². The third-order valence-corrected chi connectivity index (χ3v) is 3.11. The molecule has 4 heteroatoms. The Morgan fingerprint density at radius 2 is 2.17 bits per heavy atom. The standard InChI is InChI=1S/C14H18N2O2/c1-11-9-13(18)5-4-12(11)3-2-7-16-8-6-15-14(16)10-17/h4-6,8-9,17-18H,2-3,7,10H2,1H3. The van der Waals surface area contributed by atoms with E-state index in [1.54, 1.807) is 18.3 Å². The molecule has 0 aliphatic carbocycles. The first-order valence-corrected chi connectivity index (χ1v) is 6.10. The molecule has 0 saturated carbocycles. The lowest BCUT2D eigenvalue weighted by Gasteiger charge is -2.08. The summed E-state index contributed by atoms with van der Waals surface area (Å²) in [6.45, 7) is 2.83. The highest BCUT2D eigenvalue weighted by atomic mass is 16.3. The predicted molar refractivity (Wildman–Crippen MR) is 69.3 cm³/mol. The number of aliphatic hydroxyl groups excluding tert-OH is 1. The van der Waals surface area contributed by atoms with Gasteiger partial charge in [0.2, 0.25) is 0 Å². The number of aliphatic hydroxyl groups is 1. The first-order chi connectivity index (χ1) is 8.70. The van der Waals surface area contributed by atoms with Crippen molar-refractivity contribution in [1.29, 1.82) is 0 Å². The highest BCUT2D eigenvalue weighted by Crippen LogP contribution is 2.17. The van der Waals surface area contributed by atoms with Crippen molar-refractivity contribution in [3.8, 4) is 5.75 Å². The van der Waals surface area contributed by atoms with Gasteiger partial charge in [0, 0.05) is 18.9 Å². The minimum absolute atomic E-state index is 0.0226. The van der Waals surface area contributed by atoms with Crippen LogP contribution in [0.4, 0.5) is 0 Å². The number of hydrogen-bond acceptors (Lipinski definition) is 3. The molecule has 96 valence electrons. The van der Waals surface area contributed by atoms with E-state index in [1.807, 2.05) is 23.8 Å². The molecule has 2 aromatic rings. The third-order valence-electron chi connectivity index (χ3n) is 3.11. The molecule has 1 aromatic carbocycles. The average Bonchev–Trinajstić information content (AvgIpc) is 2.79. The molecular weight excluding hydrogens is 228 g/mol.